The Labute approximate surface area is 145 Å². The molecular weight excluding hydrogens is 326 g/mol. The highest BCUT2D eigenvalue weighted by molar-refractivity contribution is 8.16. The lowest BCUT2D eigenvalue weighted by Crippen LogP contribution is -2.34. The van der Waals surface area contributed by atoms with Gasteiger partial charge in [-0.1, -0.05) is 6.07 Å². The molecule has 0 bridgehead atoms. The van der Waals surface area contributed by atoms with Gasteiger partial charge in [0, 0.05) is 25.2 Å². The van der Waals surface area contributed by atoms with Crippen molar-refractivity contribution in [3.05, 3.63) is 29.7 Å². The van der Waals surface area contributed by atoms with Crippen LogP contribution in [0, 0.1) is 6.92 Å². The maximum Gasteiger partial charge on any atom is 0.205 e. The summed E-state index contributed by atoms with van der Waals surface area (Å²) in [5, 5.41) is 6.80. The topological polar surface area (TPSA) is 41.6 Å². The minimum atomic E-state index is 0.610. The normalized spacial score (nSPS) is 24.7. The molecule has 2 aliphatic rings. The quantitative estimate of drug-likeness (QED) is 0.825. The Morgan fingerprint density at radius 1 is 1.43 bits per heavy atom. The number of hydrogen-bond donors (Lipinski definition) is 0. The zero-order valence-corrected chi connectivity index (χ0v) is 14.9. The van der Waals surface area contributed by atoms with Gasteiger partial charge in [0.1, 0.15) is 5.52 Å². The summed E-state index contributed by atoms with van der Waals surface area (Å²) in [6, 6.07) is 6.80. The summed E-state index contributed by atoms with van der Waals surface area (Å²) in [5.41, 5.74) is 3.08. The van der Waals surface area contributed by atoms with E-state index in [0.717, 1.165) is 35.7 Å². The van der Waals surface area contributed by atoms with Gasteiger partial charge in [-0.25, -0.2) is 4.98 Å². The van der Waals surface area contributed by atoms with E-state index in [4.69, 9.17) is 4.42 Å². The minimum Gasteiger partial charge on any atom is -0.440 e. The number of hydrogen-bond acceptors (Lipinski definition) is 6. The zero-order valence-electron chi connectivity index (χ0n) is 13.3. The van der Waals surface area contributed by atoms with Gasteiger partial charge in [0.25, 0.3) is 0 Å². The Morgan fingerprint density at radius 3 is 3.26 bits per heavy atom. The second kappa shape index (κ2) is 6.77. The molecule has 0 spiro atoms. The van der Waals surface area contributed by atoms with Gasteiger partial charge >= 0.3 is 0 Å². The Balaban J connectivity index is 1.36. The van der Waals surface area contributed by atoms with Crippen LogP contribution in [0.25, 0.3) is 11.1 Å². The highest BCUT2D eigenvalue weighted by Crippen LogP contribution is 2.37. The van der Waals surface area contributed by atoms with E-state index in [9.17, 15) is 0 Å². The van der Waals surface area contributed by atoms with Crippen LogP contribution in [0.2, 0.25) is 0 Å². The van der Waals surface area contributed by atoms with Gasteiger partial charge in [0.2, 0.25) is 5.89 Å². The summed E-state index contributed by atoms with van der Waals surface area (Å²) in [5.74, 6) is 2.92. The molecule has 2 aromatic rings. The third kappa shape index (κ3) is 3.53. The maximum absolute atomic E-state index is 5.89. The van der Waals surface area contributed by atoms with Crippen LogP contribution in [0.15, 0.2) is 27.7 Å². The van der Waals surface area contributed by atoms with E-state index < -0.39 is 0 Å². The van der Waals surface area contributed by atoms with Crippen molar-refractivity contribution in [1.29, 1.82) is 0 Å². The predicted octanol–water partition coefficient (Wildman–Crippen LogP) is 4.28. The van der Waals surface area contributed by atoms with Crippen LogP contribution in [0.4, 0.5) is 0 Å². The largest absolute Gasteiger partial charge is 0.440 e. The number of aromatic nitrogens is 1. The molecule has 3 heterocycles. The van der Waals surface area contributed by atoms with E-state index in [2.05, 4.69) is 45.9 Å². The number of nitrogens with zero attached hydrogens (tertiary/aromatic N) is 3. The van der Waals surface area contributed by atoms with E-state index in [1.165, 1.54) is 24.2 Å². The summed E-state index contributed by atoms with van der Waals surface area (Å²) in [4.78, 5) is 4.60. The van der Waals surface area contributed by atoms with Gasteiger partial charge < -0.3 is 4.42 Å². The SMILES string of the molecule is Cc1ccc2nc(CSC3CC(N4CCC=N4)CCS3)oc2c1. The first kappa shape index (κ1) is 15.4. The molecule has 0 aliphatic carbocycles. The molecule has 0 saturated carbocycles. The van der Waals surface area contributed by atoms with Crippen LogP contribution in [-0.4, -0.2) is 39.1 Å². The molecule has 23 heavy (non-hydrogen) atoms. The molecule has 1 fully saturated rings. The number of fused-ring (bicyclic) bond motifs is 1. The molecule has 4 nitrogen and oxygen atoms in total. The molecular formula is C17H21N3OS2. The summed E-state index contributed by atoms with van der Waals surface area (Å²) in [6.07, 6.45) is 5.60. The second-order valence-electron chi connectivity index (χ2n) is 6.12. The van der Waals surface area contributed by atoms with Crippen molar-refractivity contribution in [2.24, 2.45) is 5.10 Å². The van der Waals surface area contributed by atoms with Crippen LogP contribution in [0.5, 0.6) is 0 Å². The average Bonchev–Trinajstić information content (AvgIpc) is 3.22. The Morgan fingerprint density at radius 2 is 2.39 bits per heavy atom. The lowest BCUT2D eigenvalue weighted by atomic mass is 10.1. The molecule has 1 aromatic carbocycles. The molecule has 0 amide bonds. The van der Waals surface area contributed by atoms with Crippen molar-refractivity contribution >= 4 is 40.8 Å². The van der Waals surface area contributed by atoms with Crippen LogP contribution in [0.1, 0.15) is 30.7 Å². The highest BCUT2D eigenvalue weighted by Gasteiger charge is 2.28. The van der Waals surface area contributed by atoms with Gasteiger partial charge in [-0.15, -0.1) is 23.5 Å². The summed E-state index contributed by atoms with van der Waals surface area (Å²) in [6.45, 7) is 3.17. The van der Waals surface area contributed by atoms with E-state index >= 15 is 0 Å². The maximum atomic E-state index is 5.89. The van der Waals surface area contributed by atoms with E-state index in [1.807, 2.05) is 24.0 Å². The molecule has 2 aliphatic heterocycles. The van der Waals surface area contributed by atoms with Gasteiger partial charge in [0.05, 0.1) is 10.3 Å². The van der Waals surface area contributed by atoms with Gasteiger partial charge in [-0.3, -0.25) is 5.01 Å². The lowest BCUT2D eigenvalue weighted by Gasteiger charge is -2.33. The minimum absolute atomic E-state index is 0.610. The van der Waals surface area contributed by atoms with Crippen molar-refractivity contribution < 1.29 is 4.42 Å². The zero-order chi connectivity index (χ0) is 15.6. The van der Waals surface area contributed by atoms with Gasteiger partial charge in [0.15, 0.2) is 5.58 Å². The number of oxazole rings is 1. The fourth-order valence-corrected chi connectivity index (χ4v) is 5.84. The monoisotopic (exact) mass is 347 g/mol. The molecule has 1 saturated heterocycles. The molecule has 2 unspecified atom stereocenters. The molecule has 1 aromatic heterocycles. The fourth-order valence-electron chi connectivity index (χ4n) is 3.12. The molecule has 0 radical (unpaired) electrons. The summed E-state index contributed by atoms with van der Waals surface area (Å²) >= 11 is 4.03. The summed E-state index contributed by atoms with van der Waals surface area (Å²) < 4.78 is 6.50. The Kier molecular flexibility index (Phi) is 4.53. The first-order valence-corrected chi connectivity index (χ1v) is 10.3. The molecule has 122 valence electrons. The number of rotatable bonds is 4. The number of thioether (sulfide) groups is 2. The van der Waals surface area contributed by atoms with E-state index in [0.29, 0.717) is 10.6 Å². The van der Waals surface area contributed by atoms with Crippen molar-refractivity contribution in [3.8, 4) is 0 Å². The van der Waals surface area contributed by atoms with E-state index in [1.54, 1.807) is 0 Å². The van der Waals surface area contributed by atoms with Crippen molar-refractivity contribution in [3.63, 3.8) is 0 Å². The van der Waals surface area contributed by atoms with Crippen LogP contribution < -0.4 is 0 Å². The second-order valence-corrected chi connectivity index (χ2v) is 8.92. The average molecular weight is 348 g/mol. The summed E-state index contributed by atoms with van der Waals surface area (Å²) in [7, 11) is 0. The first-order chi connectivity index (χ1) is 11.3. The number of benzene rings is 1. The molecule has 0 N–H and O–H groups in total. The molecule has 4 rings (SSSR count). The molecule has 6 heteroatoms. The predicted molar refractivity (Wildman–Crippen MR) is 99.1 cm³/mol. The Bertz CT molecular complexity index is 715. The number of aryl methyl sites for hydroxylation is 1. The standard InChI is InChI=1S/C17H21N3OS2/c1-12-3-4-14-15(9-12)21-16(19-14)11-23-17-10-13(5-8-22-17)20-7-2-6-18-20/h3-4,6,9,13,17H,2,5,7-8,10-11H2,1H3. The first-order valence-electron chi connectivity index (χ1n) is 8.16. The van der Waals surface area contributed by atoms with Crippen LogP contribution in [-0.2, 0) is 5.75 Å². The van der Waals surface area contributed by atoms with Gasteiger partial charge in [-0.2, -0.15) is 5.10 Å². The lowest BCUT2D eigenvalue weighted by molar-refractivity contribution is 0.212. The van der Waals surface area contributed by atoms with Crippen molar-refractivity contribution in [2.45, 2.75) is 42.6 Å². The third-order valence-electron chi connectivity index (χ3n) is 4.34. The van der Waals surface area contributed by atoms with Crippen molar-refractivity contribution in [2.75, 3.05) is 12.3 Å². The van der Waals surface area contributed by atoms with E-state index in [-0.39, 0.29) is 0 Å². The Hall–Kier alpha value is -1.14. The molecule has 2 atom stereocenters. The van der Waals surface area contributed by atoms with Crippen LogP contribution >= 0.6 is 23.5 Å². The highest BCUT2D eigenvalue weighted by atomic mass is 32.2. The third-order valence-corrected chi connectivity index (χ3v) is 7.17. The fraction of sp³-hybridized carbons (Fsp3) is 0.529. The van der Waals surface area contributed by atoms with Crippen LogP contribution in [0.3, 0.4) is 0 Å². The number of hydrazone groups is 1. The smallest absolute Gasteiger partial charge is 0.205 e. The van der Waals surface area contributed by atoms with Gasteiger partial charge in [-0.05, 0) is 43.2 Å². The van der Waals surface area contributed by atoms with Crippen molar-refractivity contribution in [1.82, 2.24) is 9.99 Å².